The van der Waals surface area contributed by atoms with E-state index in [9.17, 15) is 5.11 Å². The van der Waals surface area contributed by atoms with Gasteiger partial charge < -0.3 is 10.8 Å². The molecule has 0 spiro atoms. The van der Waals surface area contributed by atoms with Gasteiger partial charge in [-0.15, -0.1) is 23.7 Å². The second kappa shape index (κ2) is 4.64. The molecule has 1 fully saturated rings. The first-order valence-electron chi connectivity index (χ1n) is 5.25. The number of nitrogens with zero attached hydrogens (tertiary/aromatic N) is 1. The molecule has 1 aliphatic carbocycles. The maximum Gasteiger partial charge on any atom is 0.124 e. The zero-order valence-electron chi connectivity index (χ0n) is 9.04. The van der Waals surface area contributed by atoms with Gasteiger partial charge in [0.2, 0.25) is 0 Å². The predicted octanol–water partition coefficient (Wildman–Crippen LogP) is 2.75. The fourth-order valence-corrected chi connectivity index (χ4v) is 2.91. The van der Waals surface area contributed by atoms with Crippen LogP contribution in [-0.4, -0.2) is 16.1 Å². The molecule has 17 heavy (non-hydrogen) atoms. The van der Waals surface area contributed by atoms with Crippen molar-refractivity contribution in [1.29, 1.82) is 0 Å². The van der Waals surface area contributed by atoms with Crippen LogP contribution in [0.25, 0.3) is 10.4 Å². The standard InChI is InChI=1S/C12H12N2OS.ClH/c13-9-5-8(9)12-14-6-11(16-12)7-3-1-2-4-10(7)15;/h1-4,6,8-9,15H,5,13H2;1H. The second-order valence-corrected chi connectivity index (χ2v) is 5.15. The van der Waals surface area contributed by atoms with E-state index in [0.717, 1.165) is 21.9 Å². The molecule has 3 nitrogen and oxygen atoms in total. The number of benzene rings is 1. The van der Waals surface area contributed by atoms with Crippen molar-refractivity contribution in [3.63, 3.8) is 0 Å². The van der Waals surface area contributed by atoms with Gasteiger partial charge in [-0.25, -0.2) is 4.98 Å². The predicted molar refractivity (Wildman–Crippen MR) is 71.8 cm³/mol. The third kappa shape index (κ3) is 2.29. The summed E-state index contributed by atoms with van der Waals surface area (Å²) in [6.07, 6.45) is 2.85. The molecule has 1 aliphatic rings. The average molecular weight is 269 g/mol. The molecule has 1 aromatic heterocycles. The van der Waals surface area contributed by atoms with Crippen molar-refractivity contribution in [1.82, 2.24) is 4.98 Å². The third-order valence-corrected chi connectivity index (χ3v) is 4.01. The van der Waals surface area contributed by atoms with Crippen LogP contribution in [0, 0.1) is 0 Å². The molecule has 2 aromatic rings. The minimum atomic E-state index is 0. The number of para-hydroxylation sites is 1. The Labute approximate surface area is 110 Å². The van der Waals surface area contributed by atoms with Crippen LogP contribution in [0.1, 0.15) is 17.3 Å². The largest absolute Gasteiger partial charge is 0.507 e. The molecular weight excluding hydrogens is 256 g/mol. The lowest BCUT2D eigenvalue weighted by Gasteiger charge is -1.99. The fourth-order valence-electron chi connectivity index (χ4n) is 1.76. The first-order chi connectivity index (χ1) is 7.75. The van der Waals surface area contributed by atoms with E-state index in [1.807, 2.05) is 24.4 Å². The molecule has 5 heteroatoms. The van der Waals surface area contributed by atoms with Crippen molar-refractivity contribution in [3.05, 3.63) is 35.5 Å². The Balaban J connectivity index is 0.00000108. The number of halogens is 1. The summed E-state index contributed by atoms with van der Waals surface area (Å²) in [4.78, 5) is 5.38. The molecule has 2 atom stereocenters. The first kappa shape index (κ1) is 12.4. The van der Waals surface area contributed by atoms with Crippen LogP contribution < -0.4 is 5.73 Å². The highest BCUT2D eigenvalue weighted by atomic mass is 35.5. The average Bonchev–Trinajstić information content (AvgIpc) is 2.82. The van der Waals surface area contributed by atoms with Gasteiger partial charge in [-0.3, -0.25) is 0 Å². The molecule has 0 amide bonds. The summed E-state index contributed by atoms with van der Waals surface area (Å²) < 4.78 is 0. The molecule has 1 aromatic carbocycles. The molecule has 3 N–H and O–H groups in total. The molecule has 90 valence electrons. The highest BCUT2D eigenvalue weighted by Gasteiger charge is 2.37. The molecule has 2 unspecified atom stereocenters. The van der Waals surface area contributed by atoms with Crippen molar-refractivity contribution < 1.29 is 5.11 Å². The molecule has 0 saturated heterocycles. The summed E-state index contributed by atoms with van der Waals surface area (Å²) in [7, 11) is 0. The van der Waals surface area contributed by atoms with Gasteiger partial charge in [0.25, 0.3) is 0 Å². The smallest absolute Gasteiger partial charge is 0.124 e. The SMILES string of the molecule is Cl.NC1CC1c1ncc(-c2ccccc2O)s1. The van der Waals surface area contributed by atoms with Crippen molar-refractivity contribution >= 4 is 23.7 Å². The van der Waals surface area contributed by atoms with E-state index in [0.29, 0.717) is 11.7 Å². The normalized spacial score (nSPS) is 21.9. The van der Waals surface area contributed by atoms with E-state index in [1.165, 1.54) is 0 Å². The van der Waals surface area contributed by atoms with E-state index in [-0.39, 0.29) is 18.4 Å². The van der Waals surface area contributed by atoms with E-state index < -0.39 is 0 Å². The van der Waals surface area contributed by atoms with Gasteiger partial charge in [-0.2, -0.15) is 0 Å². The van der Waals surface area contributed by atoms with E-state index >= 15 is 0 Å². The summed E-state index contributed by atoms with van der Waals surface area (Å²) in [5.41, 5.74) is 6.64. The molecule has 1 heterocycles. The fraction of sp³-hybridized carbons (Fsp3) is 0.250. The summed E-state index contributed by atoms with van der Waals surface area (Å²) in [6, 6.07) is 7.61. The Hall–Kier alpha value is -1.10. The lowest BCUT2D eigenvalue weighted by atomic mass is 10.2. The van der Waals surface area contributed by atoms with Crippen LogP contribution >= 0.6 is 23.7 Å². The number of phenolic OH excluding ortho intramolecular Hbond substituents is 1. The van der Waals surface area contributed by atoms with Crippen molar-refractivity contribution in [2.75, 3.05) is 0 Å². The molecule has 0 aliphatic heterocycles. The van der Waals surface area contributed by atoms with Crippen LogP contribution in [0.15, 0.2) is 30.5 Å². The summed E-state index contributed by atoms with van der Waals surface area (Å²) in [5.74, 6) is 0.738. The van der Waals surface area contributed by atoms with Crippen molar-refractivity contribution in [3.8, 4) is 16.2 Å². The van der Waals surface area contributed by atoms with E-state index in [1.54, 1.807) is 17.4 Å². The summed E-state index contributed by atoms with van der Waals surface area (Å²) in [5, 5.41) is 10.8. The van der Waals surface area contributed by atoms with Crippen LogP contribution in [-0.2, 0) is 0 Å². The highest BCUT2D eigenvalue weighted by Crippen LogP contribution is 2.43. The maximum atomic E-state index is 9.73. The van der Waals surface area contributed by atoms with Crippen molar-refractivity contribution in [2.45, 2.75) is 18.4 Å². The lowest BCUT2D eigenvalue weighted by Crippen LogP contribution is -2.00. The van der Waals surface area contributed by atoms with Gasteiger partial charge in [0, 0.05) is 23.7 Å². The maximum absolute atomic E-state index is 9.73. The first-order valence-corrected chi connectivity index (χ1v) is 6.07. The summed E-state index contributed by atoms with van der Waals surface area (Å²) in [6.45, 7) is 0. The Morgan fingerprint density at radius 2 is 2.06 bits per heavy atom. The molecule has 1 saturated carbocycles. The van der Waals surface area contributed by atoms with Crippen LogP contribution in [0.3, 0.4) is 0 Å². The number of aromatic hydroxyl groups is 1. The Morgan fingerprint density at radius 3 is 2.71 bits per heavy atom. The molecular formula is C12H13ClN2OS. The highest BCUT2D eigenvalue weighted by molar-refractivity contribution is 7.15. The monoisotopic (exact) mass is 268 g/mol. The number of rotatable bonds is 2. The second-order valence-electron chi connectivity index (χ2n) is 4.09. The van der Waals surface area contributed by atoms with Crippen LogP contribution in [0.5, 0.6) is 5.75 Å². The number of nitrogens with two attached hydrogens (primary N) is 1. The van der Waals surface area contributed by atoms with Gasteiger partial charge >= 0.3 is 0 Å². The summed E-state index contributed by atoms with van der Waals surface area (Å²) >= 11 is 1.62. The van der Waals surface area contributed by atoms with Crippen molar-refractivity contribution in [2.24, 2.45) is 5.73 Å². The van der Waals surface area contributed by atoms with Gasteiger partial charge in [0.1, 0.15) is 5.75 Å². The molecule has 3 rings (SSSR count). The minimum Gasteiger partial charge on any atom is -0.507 e. The minimum absolute atomic E-state index is 0. The topological polar surface area (TPSA) is 59.1 Å². The Bertz CT molecular complexity index is 529. The van der Waals surface area contributed by atoms with Gasteiger partial charge in [0.05, 0.1) is 9.88 Å². The lowest BCUT2D eigenvalue weighted by molar-refractivity contribution is 0.477. The van der Waals surface area contributed by atoms with E-state index in [2.05, 4.69) is 4.98 Å². The zero-order chi connectivity index (χ0) is 11.1. The third-order valence-electron chi connectivity index (χ3n) is 2.85. The number of aromatic nitrogens is 1. The quantitative estimate of drug-likeness (QED) is 0.880. The zero-order valence-corrected chi connectivity index (χ0v) is 10.7. The number of hydrogen-bond donors (Lipinski definition) is 2. The number of hydrogen-bond acceptors (Lipinski definition) is 4. The van der Waals surface area contributed by atoms with Gasteiger partial charge in [0.15, 0.2) is 0 Å². The molecule has 0 radical (unpaired) electrons. The Kier molecular flexibility index (Phi) is 3.38. The van der Waals surface area contributed by atoms with Crippen LogP contribution in [0.2, 0.25) is 0 Å². The van der Waals surface area contributed by atoms with Crippen LogP contribution in [0.4, 0.5) is 0 Å². The van der Waals surface area contributed by atoms with Gasteiger partial charge in [-0.05, 0) is 18.6 Å². The number of phenols is 1. The Morgan fingerprint density at radius 1 is 1.35 bits per heavy atom. The molecule has 0 bridgehead atoms. The number of thiazole rings is 1. The van der Waals surface area contributed by atoms with E-state index in [4.69, 9.17) is 5.73 Å². The van der Waals surface area contributed by atoms with Gasteiger partial charge in [-0.1, -0.05) is 12.1 Å².